The second-order valence-corrected chi connectivity index (χ2v) is 6.56. The Morgan fingerprint density at radius 2 is 2.13 bits per heavy atom. The highest BCUT2D eigenvalue weighted by Crippen LogP contribution is 2.31. The fourth-order valence-corrected chi connectivity index (χ4v) is 3.33. The number of carbonyl (C=O) groups is 2. The van der Waals surface area contributed by atoms with E-state index in [0.29, 0.717) is 13.0 Å². The number of hydrogen-bond acceptors (Lipinski definition) is 3. The number of amides is 2. The minimum atomic E-state index is -0.381. The predicted octanol–water partition coefficient (Wildman–Crippen LogP) is 2.42. The van der Waals surface area contributed by atoms with Crippen LogP contribution in [0.25, 0.3) is 0 Å². The van der Waals surface area contributed by atoms with Crippen molar-refractivity contribution in [1.82, 2.24) is 5.32 Å². The zero-order valence-corrected chi connectivity index (χ0v) is 13.8. The third-order valence-electron chi connectivity index (χ3n) is 4.34. The number of ether oxygens (including phenoxy) is 1. The molecule has 5 nitrogen and oxygen atoms in total. The molecule has 124 valence electrons. The van der Waals surface area contributed by atoms with Gasteiger partial charge in [0.05, 0.1) is 6.10 Å². The maximum Gasteiger partial charge on any atom is 0.249 e. The molecule has 0 aromatic heterocycles. The summed E-state index contributed by atoms with van der Waals surface area (Å²) in [6, 6.07) is 5.54. The van der Waals surface area contributed by atoms with E-state index < -0.39 is 0 Å². The largest absolute Gasteiger partial charge is 0.491 e. The van der Waals surface area contributed by atoms with Crippen LogP contribution in [-0.2, 0) is 16.0 Å². The van der Waals surface area contributed by atoms with Crippen LogP contribution in [0.4, 0.5) is 5.69 Å². The highest BCUT2D eigenvalue weighted by atomic mass is 16.5. The third-order valence-corrected chi connectivity index (χ3v) is 4.34. The van der Waals surface area contributed by atoms with Crippen molar-refractivity contribution < 1.29 is 14.3 Å². The van der Waals surface area contributed by atoms with Gasteiger partial charge in [0.15, 0.2) is 0 Å². The van der Waals surface area contributed by atoms with Crippen molar-refractivity contribution in [3.8, 4) is 5.75 Å². The van der Waals surface area contributed by atoms with Crippen LogP contribution in [0, 0.1) is 0 Å². The Labute approximate surface area is 137 Å². The van der Waals surface area contributed by atoms with Crippen molar-refractivity contribution >= 4 is 17.5 Å². The molecule has 1 N–H and O–H groups in total. The zero-order valence-electron chi connectivity index (χ0n) is 13.8. The minimum absolute atomic E-state index is 0.0107. The lowest BCUT2D eigenvalue weighted by Gasteiger charge is -2.34. The van der Waals surface area contributed by atoms with Crippen LogP contribution >= 0.6 is 0 Å². The lowest BCUT2D eigenvalue weighted by Crippen LogP contribution is -2.51. The molecular weight excluding hydrogens is 292 g/mol. The maximum absolute atomic E-state index is 12.8. The van der Waals surface area contributed by atoms with Crippen molar-refractivity contribution in [2.24, 2.45) is 0 Å². The molecule has 1 aromatic carbocycles. The Hall–Kier alpha value is -2.04. The van der Waals surface area contributed by atoms with E-state index in [0.717, 1.165) is 42.7 Å². The Morgan fingerprint density at radius 1 is 1.30 bits per heavy atom. The van der Waals surface area contributed by atoms with Crippen molar-refractivity contribution in [2.45, 2.75) is 58.1 Å². The van der Waals surface area contributed by atoms with Crippen LogP contribution in [0.5, 0.6) is 5.75 Å². The van der Waals surface area contributed by atoms with Gasteiger partial charge in [0.1, 0.15) is 11.8 Å². The molecule has 1 saturated heterocycles. The summed E-state index contributed by atoms with van der Waals surface area (Å²) in [6.07, 6.45) is 4.05. The van der Waals surface area contributed by atoms with Gasteiger partial charge in [0.2, 0.25) is 11.8 Å². The Kier molecular flexibility index (Phi) is 4.55. The van der Waals surface area contributed by atoms with Crippen LogP contribution < -0.4 is 15.0 Å². The minimum Gasteiger partial charge on any atom is -0.491 e. The Morgan fingerprint density at radius 3 is 2.87 bits per heavy atom. The molecule has 2 aliphatic heterocycles. The fraction of sp³-hybridized carbons (Fsp3) is 0.556. The van der Waals surface area contributed by atoms with E-state index in [2.05, 4.69) is 5.32 Å². The standard InChI is InChI=1S/C18H24N2O3/c1-12(2)23-14-8-9-16-13(11-14)5-4-10-20(16)18(22)15-6-3-7-17(21)19-15/h8-9,11-12,15H,3-7,10H2,1-2H3,(H,19,21)/t15-/m1/s1. The van der Waals surface area contributed by atoms with Gasteiger partial charge in [-0.15, -0.1) is 0 Å². The van der Waals surface area contributed by atoms with Gasteiger partial charge < -0.3 is 15.0 Å². The zero-order chi connectivity index (χ0) is 16.4. The van der Waals surface area contributed by atoms with E-state index in [1.54, 1.807) is 0 Å². The molecule has 0 spiro atoms. The van der Waals surface area contributed by atoms with Crippen molar-refractivity contribution in [1.29, 1.82) is 0 Å². The quantitative estimate of drug-likeness (QED) is 0.931. The van der Waals surface area contributed by atoms with Crippen LogP contribution in [0.15, 0.2) is 18.2 Å². The fourth-order valence-electron chi connectivity index (χ4n) is 3.33. The summed E-state index contributed by atoms with van der Waals surface area (Å²) in [5, 5.41) is 2.83. The van der Waals surface area contributed by atoms with E-state index in [9.17, 15) is 9.59 Å². The van der Waals surface area contributed by atoms with Crippen LogP contribution in [-0.4, -0.2) is 30.5 Å². The topological polar surface area (TPSA) is 58.6 Å². The predicted molar refractivity (Wildman–Crippen MR) is 88.7 cm³/mol. The number of rotatable bonds is 3. The molecule has 2 aliphatic rings. The molecule has 23 heavy (non-hydrogen) atoms. The monoisotopic (exact) mass is 316 g/mol. The SMILES string of the molecule is CC(C)Oc1ccc2c(c1)CCCN2C(=O)[C@H]1CCCC(=O)N1. The van der Waals surface area contributed by atoms with E-state index >= 15 is 0 Å². The van der Waals surface area contributed by atoms with E-state index in [1.165, 1.54) is 0 Å². The molecule has 0 aliphatic carbocycles. The number of nitrogens with zero attached hydrogens (tertiary/aromatic N) is 1. The summed E-state index contributed by atoms with van der Waals surface area (Å²) in [4.78, 5) is 26.2. The molecule has 2 amide bonds. The second-order valence-electron chi connectivity index (χ2n) is 6.56. The highest BCUT2D eigenvalue weighted by molar-refractivity contribution is 6.00. The van der Waals surface area contributed by atoms with Gasteiger partial charge in [-0.25, -0.2) is 0 Å². The third kappa shape index (κ3) is 3.49. The molecule has 0 saturated carbocycles. The van der Waals surface area contributed by atoms with Crippen molar-refractivity contribution in [3.05, 3.63) is 23.8 Å². The highest BCUT2D eigenvalue weighted by Gasteiger charge is 2.31. The number of carbonyl (C=O) groups excluding carboxylic acids is 2. The lowest BCUT2D eigenvalue weighted by molar-refractivity contribution is -0.129. The van der Waals surface area contributed by atoms with Crippen molar-refractivity contribution in [3.63, 3.8) is 0 Å². The molecule has 2 heterocycles. The lowest BCUT2D eigenvalue weighted by atomic mass is 9.98. The number of hydrogen-bond donors (Lipinski definition) is 1. The van der Waals surface area contributed by atoms with Gasteiger partial charge in [0.25, 0.3) is 0 Å². The normalized spacial score (nSPS) is 20.9. The average molecular weight is 316 g/mol. The first-order valence-corrected chi connectivity index (χ1v) is 8.45. The number of piperidine rings is 1. The first-order chi connectivity index (χ1) is 11.0. The average Bonchev–Trinajstić information content (AvgIpc) is 2.53. The summed E-state index contributed by atoms with van der Waals surface area (Å²) < 4.78 is 5.75. The van der Waals surface area contributed by atoms with Gasteiger partial charge in [-0.3, -0.25) is 9.59 Å². The second kappa shape index (κ2) is 6.60. The number of aryl methyl sites for hydroxylation is 1. The summed E-state index contributed by atoms with van der Waals surface area (Å²) in [6.45, 7) is 4.71. The summed E-state index contributed by atoms with van der Waals surface area (Å²) in [5.74, 6) is 0.836. The molecule has 5 heteroatoms. The van der Waals surface area contributed by atoms with E-state index in [-0.39, 0.29) is 24.0 Å². The van der Waals surface area contributed by atoms with Gasteiger partial charge >= 0.3 is 0 Å². The maximum atomic E-state index is 12.8. The number of anilines is 1. The molecule has 1 fully saturated rings. The first-order valence-electron chi connectivity index (χ1n) is 8.45. The molecule has 1 atom stereocenters. The van der Waals surface area contributed by atoms with Gasteiger partial charge in [-0.2, -0.15) is 0 Å². The Bertz CT molecular complexity index is 612. The summed E-state index contributed by atoms with van der Waals surface area (Å²) in [5.41, 5.74) is 2.10. The molecule has 3 rings (SSSR count). The molecule has 0 radical (unpaired) electrons. The summed E-state index contributed by atoms with van der Waals surface area (Å²) >= 11 is 0. The number of benzene rings is 1. The molecule has 0 bridgehead atoms. The van der Waals surface area contributed by atoms with Gasteiger partial charge in [0, 0.05) is 18.7 Å². The Balaban J connectivity index is 1.80. The van der Waals surface area contributed by atoms with Gasteiger partial charge in [-0.1, -0.05) is 0 Å². The van der Waals surface area contributed by atoms with Crippen LogP contribution in [0.3, 0.4) is 0 Å². The molecule has 1 aromatic rings. The van der Waals surface area contributed by atoms with Crippen LogP contribution in [0.2, 0.25) is 0 Å². The number of fused-ring (bicyclic) bond motifs is 1. The summed E-state index contributed by atoms with van der Waals surface area (Å²) in [7, 11) is 0. The van der Waals surface area contributed by atoms with E-state index in [4.69, 9.17) is 4.74 Å². The van der Waals surface area contributed by atoms with E-state index in [1.807, 2.05) is 36.9 Å². The van der Waals surface area contributed by atoms with Gasteiger partial charge in [-0.05, 0) is 63.3 Å². The van der Waals surface area contributed by atoms with Crippen molar-refractivity contribution in [2.75, 3.05) is 11.4 Å². The number of nitrogens with one attached hydrogen (secondary N) is 1. The smallest absolute Gasteiger partial charge is 0.249 e. The first kappa shape index (κ1) is 15.8. The molecule has 0 unspecified atom stereocenters. The molecular formula is C18H24N2O3. The van der Waals surface area contributed by atoms with Crippen LogP contribution in [0.1, 0.15) is 45.1 Å².